The number of halogens is 1. The van der Waals surface area contributed by atoms with E-state index >= 15 is 0 Å². The number of fused-ring (bicyclic) bond motifs is 2. The van der Waals surface area contributed by atoms with Gasteiger partial charge in [0, 0.05) is 36.9 Å². The molecule has 3 aromatic rings. The van der Waals surface area contributed by atoms with E-state index in [1.54, 1.807) is 17.2 Å². The van der Waals surface area contributed by atoms with E-state index in [2.05, 4.69) is 15.3 Å². The molecule has 29 heavy (non-hydrogen) atoms. The lowest BCUT2D eigenvalue weighted by Crippen LogP contribution is -2.43. The second-order valence-corrected chi connectivity index (χ2v) is 7.82. The fourth-order valence-corrected chi connectivity index (χ4v) is 4.35. The molecule has 2 amide bonds. The number of aromatic amines is 1. The lowest BCUT2D eigenvalue weighted by atomic mass is 9.77. The molecule has 1 aromatic carbocycles. The number of hydrogen-bond donors (Lipinski definition) is 2. The van der Waals surface area contributed by atoms with Crippen molar-refractivity contribution in [3.63, 3.8) is 0 Å². The molecule has 0 saturated carbocycles. The Kier molecular flexibility index (Phi) is 4.30. The third-order valence-electron chi connectivity index (χ3n) is 5.99. The van der Waals surface area contributed by atoms with Crippen LogP contribution in [0, 0.1) is 5.82 Å². The van der Waals surface area contributed by atoms with Crippen LogP contribution in [0.3, 0.4) is 0 Å². The number of hydrogen-bond acceptors (Lipinski definition) is 3. The summed E-state index contributed by atoms with van der Waals surface area (Å²) in [4.78, 5) is 34.5. The number of nitrogens with one attached hydrogen (secondary N) is 2. The second-order valence-electron chi connectivity index (χ2n) is 7.82. The largest absolute Gasteiger partial charge is 0.351 e. The fraction of sp³-hybridized carbons (Fsp3) is 0.318. The molecule has 1 fully saturated rings. The average molecular weight is 392 g/mol. The summed E-state index contributed by atoms with van der Waals surface area (Å²) < 4.78 is 13.4. The van der Waals surface area contributed by atoms with Gasteiger partial charge < -0.3 is 15.2 Å². The number of pyridine rings is 1. The summed E-state index contributed by atoms with van der Waals surface area (Å²) in [5.74, 6) is -0.636. The van der Waals surface area contributed by atoms with Gasteiger partial charge in [-0.05, 0) is 53.8 Å². The van der Waals surface area contributed by atoms with Crippen molar-refractivity contribution < 1.29 is 14.0 Å². The maximum Gasteiger partial charge on any atom is 0.228 e. The summed E-state index contributed by atoms with van der Waals surface area (Å²) in [5, 5.41) is 4.00. The van der Waals surface area contributed by atoms with Gasteiger partial charge in [0.2, 0.25) is 11.8 Å². The van der Waals surface area contributed by atoms with E-state index in [1.807, 2.05) is 18.3 Å². The van der Waals surface area contributed by atoms with Crippen LogP contribution in [0.1, 0.15) is 29.0 Å². The molecule has 148 valence electrons. The first kappa shape index (κ1) is 17.8. The van der Waals surface area contributed by atoms with Crippen LogP contribution in [0.4, 0.5) is 4.39 Å². The van der Waals surface area contributed by atoms with Crippen LogP contribution in [0.15, 0.2) is 42.7 Å². The van der Waals surface area contributed by atoms with Gasteiger partial charge in [-0.1, -0.05) is 6.07 Å². The van der Waals surface area contributed by atoms with E-state index in [-0.39, 0.29) is 29.6 Å². The highest BCUT2D eigenvalue weighted by Gasteiger charge is 2.35. The van der Waals surface area contributed by atoms with Crippen molar-refractivity contribution in [3.05, 3.63) is 65.2 Å². The normalized spacial score (nSPS) is 20.4. The monoisotopic (exact) mass is 392 g/mol. The van der Waals surface area contributed by atoms with Gasteiger partial charge >= 0.3 is 0 Å². The number of rotatable bonds is 4. The van der Waals surface area contributed by atoms with Crippen molar-refractivity contribution >= 4 is 22.8 Å². The highest BCUT2D eigenvalue weighted by atomic mass is 19.1. The van der Waals surface area contributed by atoms with Crippen LogP contribution < -0.4 is 5.32 Å². The smallest absolute Gasteiger partial charge is 0.228 e. The molecule has 3 heterocycles. The predicted molar refractivity (Wildman–Crippen MR) is 106 cm³/mol. The van der Waals surface area contributed by atoms with Crippen molar-refractivity contribution in [2.75, 3.05) is 13.1 Å². The molecule has 5 rings (SSSR count). The van der Waals surface area contributed by atoms with Gasteiger partial charge in [-0.3, -0.25) is 9.59 Å². The molecular formula is C22H21FN4O2. The molecule has 2 unspecified atom stereocenters. The van der Waals surface area contributed by atoms with Crippen molar-refractivity contribution in [1.82, 2.24) is 20.2 Å². The predicted octanol–water partition coefficient (Wildman–Crippen LogP) is 2.30. The molecule has 1 aliphatic heterocycles. The van der Waals surface area contributed by atoms with Crippen molar-refractivity contribution in [2.24, 2.45) is 0 Å². The summed E-state index contributed by atoms with van der Waals surface area (Å²) >= 11 is 0. The van der Waals surface area contributed by atoms with Crippen LogP contribution in [0.5, 0.6) is 0 Å². The summed E-state index contributed by atoms with van der Waals surface area (Å²) in [6.45, 7) is 1.13. The quantitative estimate of drug-likeness (QED) is 0.715. The zero-order valence-electron chi connectivity index (χ0n) is 15.8. The first-order chi connectivity index (χ1) is 14.1. The van der Waals surface area contributed by atoms with Gasteiger partial charge in [0.05, 0.1) is 12.3 Å². The second kappa shape index (κ2) is 6.99. The minimum Gasteiger partial charge on any atom is -0.351 e. The van der Waals surface area contributed by atoms with Gasteiger partial charge in [-0.25, -0.2) is 9.37 Å². The highest BCUT2D eigenvalue weighted by molar-refractivity contribution is 5.88. The van der Waals surface area contributed by atoms with E-state index < -0.39 is 0 Å². The van der Waals surface area contributed by atoms with Crippen molar-refractivity contribution in [2.45, 2.75) is 31.2 Å². The fourth-order valence-electron chi connectivity index (χ4n) is 4.35. The first-order valence-electron chi connectivity index (χ1n) is 9.86. The Bertz CT molecular complexity index is 1110. The zero-order valence-corrected chi connectivity index (χ0v) is 15.8. The molecule has 0 spiro atoms. The van der Waals surface area contributed by atoms with Gasteiger partial charge in [-0.15, -0.1) is 0 Å². The summed E-state index contributed by atoms with van der Waals surface area (Å²) in [6.07, 6.45) is 5.23. The van der Waals surface area contributed by atoms with E-state index in [9.17, 15) is 14.0 Å². The van der Waals surface area contributed by atoms with Crippen LogP contribution in [0.25, 0.3) is 11.0 Å². The SMILES string of the molecule is O=C(NC1CCN(C(=O)Cc2c[nH]c3ncccc23)C1)C1Cc2ccc(F)cc21. The zero-order chi connectivity index (χ0) is 20.0. The molecule has 2 aliphatic rings. The molecule has 1 aliphatic carbocycles. The Hall–Kier alpha value is -3.22. The maximum absolute atomic E-state index is 13.4. The highest BCUT2D eigenvalue weighted by Crippen LogP contribution is 2.35. The minimum atomic E-state index is -0.314. The van der Waals surface area contributed by atoms with Gasteiger partial charge in [-0.2, -0.15) is 0 Å². The number of aromatic nitrogens is 2. The van der Waals surface area contributed by atoms with Crippen molar-refractivity contribution in [1.29, 1.82) is 0 Å². The summed E-state index contributed by atoms with van der Waals surface area (Å²) in [5.41, 5.74) is 3.52. The summed E-state index contributed by atoms with van der Waals surface area (Å²) in [7, 11) is 0. The Balaban J connectivity index is 1.18. The molecule has 2 N–H and O–H groups in total. The first-order valence-corrected chi connectivity index (χ1v) is 9.86. The molecular weight excluding hydrogens is 371 g/mol. The third-order valence-corrected chi connectivity index (χ3v) is 5.99. The topological polar surface area (TPSA) is 78.1 Å². The van der Waals surface area contributed by atoms with Crippen LogP contribution in [0.2, 0.25) is 0 Å². The number of likely N-dealkylation sites (tertiary alicyclic amines) is 1. The number of carbonyl (C=O) groups is 2. The molecule has 0 radical (unpaired) electrons. The van der Waals surface area contributed by atoms with Crippen molar-refractivity contribution in [3.8, 4) is 0 Å². The number of nitrogens with zero attached hydrogens (tertiary/aromatic N) is 2. The lowest BCUT2D eigenvalue weighted by Gasteiger charge is -2.30. The lowest BCUT2D eigenvalue weighted by molar-refractivity contribution is -0.130. The number of H-pyrrole nitrogens is 1. The maximum atomic E-state index is 13.4. The standard InChI is InChI=1S/C22H21FN4O2/c23-15-4-3-13-8-19(18(13)10-15)22(29)26-16-5-7-27(12-16)20(28)9-14-11-25-21-17(14)2-1-6-24-21/h1-4,6,10-11,16,19H,5,7-9,12H2,(H,24,25)(H,26,29). The van der Waals surface area contributed by atoms with E-state index in [1.165, 1.54) is 12.1 Å². The molecule has 6 nitrogen and oxygen atoms in total. The Morgan fingerprint density at radius 1 is 1.31 bits per heavy atom. The van der Waals surface area contributed by atoms with E-state index in [4.69, 9.17) is 0 Å². The third kappa shape index (κ3) is 3.26. The van der Waals surface area contributed by atoms with Gasteiger partial charge in [0.25, 0.3) is 0 Å². The Labute approximate surface area is 167 Å². The molecule has 0 bridgehead atoms. The Morgan fingerprint density at radius 2 is 2.21 bits per heavy atom. The number of benzene rings is 1. The van der Waals surface area contributed by atoms with Crippen LogP contribution in [-0.4, -0.2) is 45.8 Å². The average Bonchev–Trinajstić information content (AvgIpc) is 3.32. The van der Waals surface area contributed by atoms with Gasteiger partial charge in [0.15, 0.2) is 0 Å². The molecule has 2 atom stereocenters. The molecule has 7 heteroatoms. The number of amides is 2. The summed E-state index contributed by atoms with van der Waals surface area (Å²) in [6, 6.07) is 8.36. The van der Waals surface area contributed by atoms with Gasteiger partial charge in [0.1, 0.15) is 11.5 Å². The van der Waals surface area contributed by atoms with E-state index in [0.717, 1.165) is 34.1 Å². The minimum absolute atomic E-state index is 0.0440. The molecule has 1 saturated heterocycles. The molecule has 2 aromatic heterocycles. The number of carbonyl (C=O) groups excluding carboxylic acids is 2. The van der Waals surface area contributed by atoms with E-state index in [0.29, 0.717) is 25.9 Å². The Morgan fingerprint density at radius 3 is 3.10 bits per heavy atom. The van der Waals surface area contributed by atoms with Crippen LogP contribution >= 0.6 is 0 Å². The van der Waals surface area contributed by atoms with Crippen LogP contribution in [-0.2, 0) is 22.4 Å².